The third-order valence-electron chi connectivity index (χ3n) is 5.91. The zero-order valence-corrected chi connectivity index (χ0v) is 16.4. The smallest absolute Gasteiger partial charge is 0.322 e. The van der Waals surface area contributed by atoms with Crippen molar-refractivity contribution in [1.29, 1.82) is 0 Å². The van der Waals surface area contributed by atoms with Crippen LogP contribution in [0.2, 0.25) is 0 Å². The summed E-state index contributed by atoms with van der Waals surface area (Å²) < 4.78 is 29.3. The van der Waals surface area contributed by atoms with Gasteiger partial charge in [0.1, 0.15) is 11.6 Å². The van der Waals surface area contributed by atoms with Gasteiger partial charge in [0, 0.05) is 23.5 Å². The number of urea groups is 1. The summed E-state index contributed by atoms with van der Waals surface area (Å²) in [6.45, 7) is 0.526. The van der Waals surface area contributed by atoms with Crippen molar-refractivity contribution < 1.29 is 23.5 Å². The molecule has 0 radical (unpaired) electrons. The van der Waals surface area contributed by atoms with E-state index in [0.717, 1.165) is 12.8 Å². The molecule has 1 saturated heterocycles. The van der Waals surface area contributed by atoms with Crippen LogP contribution in [0.4, 0.5) is 19.3 Å². The third-order valence-corrected chi connectivity index (χ3v) is 5.91. The zero-order valence-electron chi connectivity index (χ0n) is 16.4. The maximum Gasteiger partial charge on any atom is 0.322 e. The van der Waals surface area contributed by atoms with Crippen molar-refractivity contribution in [2.45, 2.75) is 24.9 Å². The summed E-state index contributed by atoms with van der Waals surface area (Å²) in [5.41, 5.74) is -0.854. The molecule has 7 nitrogen and oxygen atoms in total. The first-order valence-electron chi connectivity index (χ1n) is 10.0. The Morgan fingerprint density at radius 1 is 1.16 bits per heavy atom. The Morgan fingerprint density at radius 2 is 1.90 bits per heavy atom. The number of nitrogens with one attached hydrogen (secondary N) is 3. The summed E-state index contributed by atoms with van der Waals surface area (Å²) in [5.74, 6) is -1.27. The highest BCUT2D eigenvalue weighted by atomic mass is 19.1. The highest BCUT2D eigenvalue weighted by Crippen LogP contribution is 2.36. The average Bonchev–Trinajstić information content (AvgIpc) is 3.46. The molecule has 1 aromatic heterocycles. The number of amides is 3. The Bertz CT molecular complexity index is 1200. The van der Waals surface area contributed by atoms with Gasteiger partial charge in [-0.2, -0.15) is 0 Å². The van der Waals surface area contributed by atoms with Gasteiger partial charge in [0.15, 0.2) is 11.4 Å². The Balaban J connectivity index is 1.53. The number of aromatic hydroxyl groups is 1. The topological polar surface area (TPSA) is 95.4 Å². The summed E-state index contributed by atoms with van der Waals surface area (Å²) in [4.78, 5) is 24.7. The van der Waals surface area contributed by atoms with Crippen LogP contribution >= 0.6 is 0 Å². The number of fused-ring (bicyclic) bond motifs is 1. The SMILES string of the molecule is O=C1NC(=O)C(Cn2cc3cc(NCC4CC4)c(F)cc3c2O)(c2ccc(F)cc2)N1. The van der Waals surface area contributed by atoms with Gasteiger partial charge in [-0.15, -0.1) is 0 Å². The van der Waals surface area contributed by atoms with E-state index in [9.17, 15) is 23.5 Å². The lowest BCUT2D eigenvalue weighted by molar-refractivity contribution is -0.124. The Hall–Kier alpha value is -3.62. The molecule has 1 atom stereocenters. The molecule has 1 unspecified atom stereocenters. The van der Waals surface area contributed by atoms with E-state index in [1.165, 1.54) is 34.9 Å². The van der Waals surface area contributed by atoms with Crippen LogP contribution in [0.15, 0.2) is 42.6 Å². The minimum absolute atomic E-state index is 0.164. The molecular formula is C22H20F2N4O3. The van der Waals surface area contributed by atoms with Crippen LogP contribution in [0.1, 0.15) is 18.4 Å². The molecular weight excluding hydrogens is 406 g/mol. The predicted molar refractivity (Wildman–Crippen MR) is 110 cm³/mol. The van der Waals surface area contributed by atoms with E-state index in [-0.39, 0.29) is 17.8 Å². The number of aromatic nitrogens is 1. The van der Waals surface area contributed by atoms with Gasteiger partial charge in [0.05, 0.1) is 12.2 Å². The van der Waals surface area contributed by atoms with E-state index in [1.807, 2.05) is 0 Å². The van der Waals surface area contributed by atoms with Gasteiger partial charge in [-0.05, 0) is 48.6 Å². The molecule has 3 amide bonds. The van der Waals surface area contributed by atoms with Crippen molar-refractivity contribution in [2.24, 2.45) is 5.92 Å². The van der Waals surface area contributed by atoms with Crippen LogP contribution in [0.25, 0.3) is 10.8 Å². The van der Waals surface area contributed by atoms with Gasteiger partial charge in [-0.3, -0.25) is 10.1 Å². The van der Waals surface area contributed by atoms with Crippen LogP contribution in [0, 0.1) is 17.6 Å². The number of halogens is 2. The largest absolute Gasteiger partial charge is 0.494 e. The van der Waals surface area contributed by atoms with E-state index in [2.05, 4.69) is 16.0 Å². The summed E-state index contributed by atoms with van der Waals surface area (Å²) >= 11 is 0. The molecule has 31 heavy (non-hydrogen) atoms. The Morgan fingerprint density at radius 3 is 2.55 bits per heavy atom. The molecule has 3 aromatic rings. The van der Waals surface area contributed by atoms with Crippen LogP contribution in [0.5, 0.6) is 5.88 Å². The van der Waals surface area contributed by atoms with Crippen molar-refractivity contribution in [2.75, 3.05) is 11.9 Å². The van der Waals surface area contributed by atoms with Crippen LogP contribution < -0.4 is 16.0 Å². The minimum Gasteiger partial charge on any atom is -0.494 e. The standard InChI is InChI=1S/C22H20F2N4O3/c23-15-5-3-14(4-6-15)22(20(30)26-21(31)27-22)11-28-10-13-7-18(25-9-12-1-2-12)17(24)8-16(13)19(28)29/h3-8,10,12,25,29H,1-2,9,11H2,(H2,26,27,30,31). The number of imide groups is 1. The first kappa shape index (κ1) is 19.3. The molecule has 160 valence electrons. The second kappa shape index (κ2) is 6.97. The Labute approximate surface area is 176 Å². The molecule has 5 rings (SSSR count). The highest BCUT2D eigenvalue weighted by Gasteiger charge is 2.48. The number of anilines is 1. The molecule has 9 heteroatoms. The van der Waals surface area contributed by atoms with Crippen LogP contribution in [-0.2, 0) is 16.9 Å². The number of rotatable bonds is 6. The van der Waals surface area contributed by atoms with E-state index >= 15 is 0 Å². The molecule has 2 aliphatic rings. The second-order valence-electron chi connectivity index (χ2n) is 8.14. The normalized spacial score (nSPS) is 20.7. The fraction of sp³-hybridized carbons (Fsp3) is 0.273. The lowest BCUT2D eigenvalue weighted by Crippen LogP contribution is -2.47. The molecule has 2 aromatic carbocycles. The van der Waals surface area contributed by atoms with Crippen LogP contribution in [0.3, 0.4) is 0 Å². The molecule has 1 saturated carbocycles. The van der Waals surface area contributed by atoms with Gasteiger partial charge in [-0.1, -0.05) is 12.1 Å². The molecule has 2 fully saturated rings. The van der Waals surface area contributed by atoms with Gasteiger partial charge in [0.2, 0.25) is 0 Å². The number of benzene rings is 2. The zero-order chi connectivity index (χ0) is 21.8. The van der Waals surface area contributed by atoms with Crippen molar-refractivity contribution >= 4 is 28.4 Å². The number of hydrogen-bond acceptors (Lipinski definition) is 4. The van der Waals surface area contributed by atoms with Gasteiger partial charge < -0.3 is 20.3 Å². The lowest BCUT2D eigenvalue weighted by atomic mass is 9.89. The molecule has 1 aliphatic heterocycles. The minimum atomic E-state index is -1.55. The number of carbonyl (C=O) groups excluding carboxylic acids is 2. The first-order chi connectivity index (χ1) is 14.9. The summed E-state index contributed by atoms with van der Waals surface area (Å²) in [5, 5.41) is 19.5. The summed E-state index contributed by atoms with van der Waals surface area (Å²) in [7, 11) is 0. The maximum absolute atomic E-state index is 14.5. The monoisotopic (exact) mass is 426 g/mol. The number of carbonyl (C=O) groups is 2. The quantitative estimate of drug-likeness (QED) is 0.456. The lowest BCUT2D eigenvalue weighted by Gasteiger charge is -2.27. The van der Waals surface area contributed by atoms with E-state index in [1.54, 1.807) is 12.3 Å². The van der Waals surface area contributed by atoms with Crippen LogP contribution in [-0.4, -0.2) is 28.2 Å². The summed E-state index contributed by atoms with van der Waals surface area (Å²) in [6.07, 6.45) is 3.86. The molecule has 0 spiro atoms. The maximum atomic E-state index is 14.5. The Kier molecular flexibility index (Phi) is 4.35. The van der Waals surface area contributed by atoms with Gasteiger partial charge >= 0.3 is 6.03 Å². The van der Waals surface area contributed by atoms with Crippen molar-refractivity contribution in [1.82, 2.24) is 15.2 Å². The van der Waals surface area contributed by atoms with Gasteiger partial charge in [-0.25, -0.2) is 13.6 Å². The summed E-state index contributed by atoms with van der Waals surface area (Å²) in [6, 6.07) is 7.35. The van der Waals surface area contributed by atoms with E-state index in [0.29, 0.717) is 29.1 Å². The van der Waals surface area contributed by atoms with E-state index < -0.39 is 29.1 Å². The van der Waals surface area contributed by atoms with Gasteiger partial charge in [0.25, 0.3) is 5.91 Å². The van der Waals surface area contributed by atoms with Crippen molar-refractivity contribution in [3.63, 3.8) is 0 Å². The number of hydrogen-bond donors (Lipinski definition) is 4. The highest BCUT2D eigenvalue weighted by molar-refractivity contribution is 6.07. The van der Waals surface area contributed by atoms with Crippen molar-refractivity contribution in [3.05, 3.63) is 59.8 Å². The average molecular weight is 426 g/mol. The fourth-order valence-corrected chi connectivity index (χ4v) is 3.99. The molecule has 4 N–H and O–H groups in total. The molecule has 1 aliphatic carbocycles. The number of nitrogens with zero attached hydrogens (tertiary/aromatic N) is 1. The fourth-order valence-electron chi connectivity index (χ4n) is 3.99. The third kappa shape index (κ3) is 3.35. The second-order valence-corrected chi connectivity index (χ2v) is 8.14. The molecule has 2 heterocycles. The van der Waals surface area contributed by atoms with E-state index in [4.69, 9.17) is 0 Å². The molecule has 0 bridgehead atoms. The first-order valence-corrected chi connectivity index (χ1v) is 10.0. The predicted octanol–water partition coefficient (Wildman–Crippen LogP) is 3.18. The van der Waals surface area contributed by atoms with Crippen molar-refractivity contribution in [3.8, 4) is 5.88 Å².